The number of benzene rings is 1. The molecule has 0 radical (unpaired) electrons. The van der Waals surface area contributed by atoms with E-state index < -0.39 is 15.4 Å². The van der Waals surface area contributed by atoms with Gasteiger partial charge in [-0.2, -0.15) is 0 Å². The van der Waals surface area contributed by atoms with Crippen LogP contribution in [0.1, 0.15) is 38.2 Å². The van der Waals surface area contributed by atoms with E-state index in [0.29, 0.717) is 17.0 Å². The molecule has 2 aromatic rings. The van der Waals surface area contributed by atoms with Crippen LogP contribution >= 0.6 is 0 Å². The van der Waals surface area contributed by atoms with Crippen molar-refractivity contribution in [3.05, 3.63) is 45.2 Å². The lowest BCUT2D eigenvalue weighted by Gasteiger charge is -2.43. The quantitative estimate of drug-likeness (QED) is 0.627. The number of sulfone groups is 1. The predicted molar refractivity (Wildman–Crippen MR) is 122 cm³/mol. The number of likely N-dealkylation sites (tertiary alicyclic amines) is 1. The van der Waals surface area contributed by atoms with Gasteiger partial charge in [-0.3, -0.25) is 14.3 Å². The largest absolute Gasteiger partial charge is 0.382 e. The van der Waals surface area contributed by atoms with E-state index in [9.17, 15) is 13.2 Å². The van der Waals surface area contributed by atoms with Gasteiger partial charge in [0.05, 0.1) is 12.7 Å². The van der Waals surface area contributed by atoms with Gasteiger partial charge in [-0.25, -0.2) is 13.4 Å². The number of nitrogen functional groups attached to an aromatic ring is 1. The summed E-state index contributed by atoms with van der Waals surface area (Å²) < 4.78 is 25.3. The van der Waals surface area contributed by atoms with Crippen molar-refractivity contribution in [3.8, 4) is 0 Å². The Bertz CT molecular complexity index is 1190. The van der Waals surface area contributed by atoms with E-state index in [-0.39, 0.29) is 22.8 Å². The summed E-state index contributed by atoms with van der Waals surface area (Å²) >= 11 is 5.52. The molecule has 32 heavy (non-hydrogen) atoms. The number of hydrogen-bond donors (Lipinski definition) is 1. The zero-order valence-corrected chi connectivity index (χ0v) is 20.4. The number of nitrogens with zero attached hydrogens (tertiary/aromatic N) is 4. The van der Waals surface area contributed by atoms with Gasteiger partial charge in [-0.05, 0) is 38.0 Å². The Kier molecular flexibility index (Phi) is 6.02. The summed E-state index contributed by atoms with van der Waals surface area (Å²) in [5.41, 5.74) is 7.28. The zero-order chi connectivity index (χ0) is 23.3. The van der Waals surface area contributed by atoms with Gasteiger partial charge in [0.2, 0.25) is 20.0 Å². The molecular weight excluding hydrogens is 450 g/mol. The third kappa shape index (κ3) is 4.38. The number of anilines is 2. The van der Waals surface area contributed by atoms with Gasteiger partial charge in [0.1, 0.15) is 5.69 Å². The van der Waals surface area contributed by atoms with Crippen LogP contribution < -0.4 is 16.2 Å². The first-order chi connectivity index (χ1) is 15.0. The van der Waals surface area contributed by atoms with E-state index in [1.54, 1.807) is 0 Å². The van der Waals surface area contributed by atoms with Crippen molar-refractivity contribution in [1.82, 2.24) is 14.5 Å². The summed E-state index contributed by atoms with van der Waals surface area (Å²) in [6.45, 7) is 4.36. The third-order valence-electron chi connectivity index (χ3n) is 6.81. The van der Waals surface area contributed by atoms with Crippen LogP contribution in [0.25, 0.3) is 0 Å². The molecule has 2 N–H and O–H groups in total. The van der Waals surface area contributed by atoms with Crippen molar-refractivity contribution in [2.24, 2.45) is 12.5 Å². The van der Waals surface area contributed by atoms with Crippen molar-refractivity contribution < 1.29 is 20.0 Å². The Labute approximate surface area is 193 Å². The molecule has 1 spiro atoms. The fraction of sp³-hybridized carbons (Fsp3) is 0.545. The van der Waals surface area contributed by atoms with Gasteiger partial charge in [-0.1, -0.05) is 18.2 Å². The molecule has 1 saturated heterocycles. The lowest BCUT2D eigenvalue weighted by atomic mass is 9.94. The molecule has 0 amide bonds. The number of nitrogens with two attached hydrogens (primary N) is 1. The summed E-state index contributed by atoms with van der Waals surface area (Å²) in [5.74, 6) is -0.0830. The average Bonchev–Trinajstić information content (AvgIpc) is 3.48. The molecule has 8 nitrogen and oxygen atoms in total. The van der Waals surface area contributed by atoms with Gasteiger partial charge < -0.3 is 10.6 Å². The second-order valence-corrected chi connectivity index (χ2v) is 11.6. The smallest absolute Gasteiger partial charge is 0.279 e. The van der Waals surface area contributed by atoms with Crippen LogP contribution in [0.5, 0.6) is 0 Å². The summed E-state index contributed by atoms with van der Waals surface area (Å²) in [7, 11) is -2.29. The molecule has 4 rings (SSSR count). The van der Waals surface area contributed by atoms with E-state index >= 15 is 0 Å². The SMILES string of the molecule is CC(N1CCCC2(CC2)C1)N(Cc1ccccc1[ClH+])c1c(N)nc(S(C)(=O)=O)n(C)c1=O. The number of hydrogen-bond acceptors (Lipinski definition) is 7. The third-order valence-corrected chi connectivity index (χ3v) is 8.24. The molecular formula is C22H31ClN5O3S+. The minimum atomic E-state index is -3.71. The molecule has 1 aromatic heterocycles. The number of aromatic nitrogens is 2. The summed E-state index contributed by atoms with van der Waals surface area (Å²) in [5, 5.41) is 0.369. The molecule has 1 saturated carbocycles. The highest BCUT2D eigenvalue weighted by atomic mass is 35.5. The molecule has 2 heterocycles. The van der Waals surface area contributed by atoms with E-state index in [0.717, 1.165) is 35.9 Å². The first-order valence-corrected chi connectivity index (χ1v) is 13.1. The first-order valence-electron chi connectivity index (χ1n) is 10.8. The molecule has 0 bridgehead atoms. The minimum absolute atomic E-state index is 0.0830. The summed E-state index contributed by atoms with van der Waals surface area (Å²) in [6, 6.07) is 7.61. The van der Waals surface area contributed by atoms with E-state index in [4.69, 9.17) is 17.3 Å². The molecule has 1 atom stereocenters. The normalized spacial score (nSPS) is 19.1. The second-order valence-electron chi connectivity index (χ2n) is 9.21. The van der Waals surface area contributed by atoms with Crippen LogP contribution in [0.2, 0.25) is 5.02 Å². The average molecular weight is 481 g/mol. The van der Waals surface area contributed by atoms with Crippen molar-refractivity contribution in [3.63, 3.8) is 0 Å². The molecule has 10 heteroatoms. The Morgan fingerprint density at radius 1 is 1.28 bits per heavy atom. The van der Waals surface area contributed by atoms with Crippen LogP contribution in [0.4, 0.5) is 11.5 Å². The molecule has 2 aliphatic rings. The van der Waals surface area contributed by atoms with Crippen LogP contribution in [0.15, 0.2) is 34.2 Å². The fourth-order valence-corrected chi connectivity index (χ4v) is 5.81. The van der Waals surface area contributed by atoms with Crippen LogP contribution in [-0.2, 0) is 23.4 Å². The highest BCUT2D eigenvalue weighted by molar-refractivity contribution is 7.90. The van der Waals surface area contributed by atoms with Gasteiger partial charge in [0.15, 0.2) is 17.4 Å². The maximum absolute atomic E-state index is 13.4. The van der Waals surface area contributed by atoms with Crippen molar-refractivity contribution >= 4 is 21.3 Å². The molecule has 1 unspecified atom stereocenters. The molecule has 1 aliphatic carbocycles. The monoisotopic (exact) mass is 480 g/mol. The summed E-state index contributed by atoms with van der Waals surface area (Å²) in [4.78, 5) is 21.8. The fourth-order valence-electron chi connectivity index (χ4n) is 4.75. The lowest BCUT2D eigenvalue weighted by molar-refractivity contribution is -0.290. The zero-order valence-electron chi connectivity index (χ0n) is 18.7. The van der Waals surface area contributed by atoms with Gasteiger partial charge in [0.25, 0.3) is 5.56 Å². The Hall–Kier alpha value is -2.10. The number of halogens is 1. The Morgan fingerprint density at radius 3 is 2.59 bits per heavy atom. The highest BCUT2D eigenvalue weighted by Crippen LogP contribution is 2.52. The van der Waals surface area contributed by atoms with Crippen molar-refractivity contribution in [2.45, 2.75) is 50.5 Å². The van der Waals surface area contributed by atoms with E-state index in [2.05, 4.69) is 16.8 Å². The van der Waals surface area contributed by atoms with Crippen LogP contribution in [0.3, 0.4) is 0 Å². The van der Waals surface area contributed by atoms with Crippen LogP contribution in [-0.4, -0.2) is 48.4 Å². The Balaban J connectivity index is 1.80. The van der Waals surface area contributed by atoms with Gasteiger partial charge in [-0.15, -0.1) is 0 Å². The topological polar surface area (TPSA) is 102 Å². The molecule has 1 aromatic carbocycles. The maximum atomic E-state index is 13.4. The van der Waals surface area contributed by atoms with E-state index in [1.165, 1.54) is 26.3 Å². The van der Waals surface area contributed by atoms with Gasteiger partial charge in [0, 0.05) is 38.0 Å². The Morgan fingerprint density at radius 2 is 1.97 bits per heavy atom. The number of rotatable bonds is 6. The standard InChI is InChI=1S/C22H30ClN5O3S/c1-15(27-12-6-9-22(14-27)10-11-22)28(13-16-7-4-5-8-17(16)23)18-19(24)25-21(32(3,30)31)26(2)20(18)29/h4-5,7-8,15,23H,6,9-14H2,1-3H3,(H-,24,29)/p+1. The molecule has 1 aliphatic heterocycles. The molecule has 2 fully saturated rings. The van der Waals surface area contributed by atoms with Crippen LogP contribution in [0, 0.1) is 17.0 Å². The van der Waals surface area contributed by atoms with Gasteiger partial charge >= 0.3 is 0 Å². The second kappa shape index (κ2) is 8.35. The number of piperidine rings is 1. The maximum Gasteiger partial charge on any atom is 0.279 e. The van der Waals surface area contributed by atoms with E-state index in [1.807, 2.05) is 29.2 Å². The highest BCUT2D eigenvalue weighted by Gasteiger charge is 2.46. The molecule has 174 valence electrons. The summed E-state index contributed by atoms with van der Waals surface area (Å²) in [6.07, 6.45) is 5.75. The first kappa shape index (κ1) is 23.1. The minimum Gasteiger partial charge on any atom is -0.382 e. The van der Waals surface area contributed by atoms with Crippen molar-refractivity contribution in [1.29, 1.82) is 0 Å². The van der Waals surface area contributed by atoms with Crippen molar-refractivity contribution in [2.75, 3.05) is 30.0 Å². The lowest BCUT2D eigenvalue weighted by Crippen LogP contribution is -2.52. The predicted octanol–water partition coefficient (Wildman–Crippen LogP) is 1.69.